The molecule has 64 valence electrons. The van der Waals surface area contributed by atoms with Gasteiger partial charge in [-0.1, -0.05) is 12.2 Å². The highest BCUT2D eigenvalue weighted by Gasteiger charge is 2.29. The van der Waals surface area contributed by atoms with Crippen LogP contribution in [0.5, 0.6) is 0 Å². The van der Waals surface area contributed by atoms with Gasteiger partial charge in [0.25, 0.3) is 0 Å². The molecule has 1 heterocycles. The Morgan fingerprint density at radius 3 is 3.25 bits per heavy atom. The minimum absolute atomic E-state index is 0.227. The van der Waals surface area contributed by atoms with Crippen LogP contribution in [0.4, 0.5) is 0 Å². The summed E-state index contributed by atoms with van der Waals surface area (Å²) >= 11 is 0. The first-order chi connectivity index (χ1) is 5.77. The van der Waals surface area contributed by atoms with Gasteiger partial charge >= 0.3 is 5.97 Å². The molecule has 2 N–H and O–H groups in total. The van der Waals surface area contributed by atoms with E-state index in [0.717, 1.165) is 6.42 Å². The van der Waals surface area contributed by atoms with Gasteiger partial charge in [0, 0.05) is 18.2 Å². The molecule has 0 saturated carbocycles. The second-order valence-corrected chi connectivity index (χ2v) is 3.27. The molecule has 3 heteroatoms. The molecular weight excluding hydrogens is 154 g/mol. The van der Waals surface area contributed by atoms with Gasteiger partial charge in [-0.2, -0.15) is 0 Å². The van der Waals surface area contributed by atoms with E-state index in [1.54, 1.807) is 0 Å². The summed E-state index contributed by atoms with van der Waals surface area (Å²) in [6, 6.07) is 0. The van der Waals surface area contributed by atoms with Crippen molar-refractivity contribution in [1.29, 1.82) is 0 Å². The molecule has 0 spiro atoms. The van der Waals surface area contributed by atoms with Crippen molar-refractivity contribution in [3.63, 3.8) is 0 Å². The molecule has 1 aliphatic carbocycles. The topological polar surface area (TPSA) is 49.3 Å². The standard InChI is InChI=1S/C9H11NO2/c11-9(12)7-4-6-2-1-3-8(6)10-5-7/h1-3,6-7,10H,4-5H2,(H,11,12). The maximum Gasteiger partial charge on any atom is 0.308 e. The summed E-state index contributed by atoms with van der Waals surface area (Å²) in [5.41, 5.74) is 1.17. The SMILES string of the molecule is O=C(O)C1CNC2=CC=CC2C1. The van der Waals surface area contributed by atoms with E-state index in [2.05, 4.69) is 11.4 Å². The van der Waals surface area contributed by atoms with Gasteiger partial charge in [-0.15, -0.1) is 0 Å². The lowest BCUT2D eigenvalue weighted by Crippen LogP contribution is -2.36. The van der Waals surface area contributed by atoms with Crippen LogP contribution in [0.2, 0.25) is 0 Å². The van der Waals surface area contributed by atoms with Crippen LogP contribution < -0.4 is 5.32 Å². The van der Waals surface area contributed by atoms with E-state index in [1.807, 2.05) is 12.2 Å². The number of rotatable bonds is 1. The van der Waals surface area contributed by atoms with E-state index >= 15 is 0 Å². The Kier molecular flexibility index (Phi) is 1.64. The number of piperidine rings is 1. The van der Waals surface area contributed by atoms with Crippen LogP contribution in [0.25, 0.3) is 0 Å². The van der Waals surface area contributed by atoms with Crippen LogP contribution in [0, 0.1) is 11.8 Å². The smallest absolute Gasteiger partial charge is 0.308 e. The van der Waals surface area contributed by atoms with Gasteiger partial charge < -0.3 is 10.4 Å². The molecule has 0 aromatic rings. The zero-order valence-electron chi connectivity index (χ0n) is 6.66. The number of hydrogen-bond acceptors (Lipinski definition) is 2. The molecule has 3 nitrogen and oxygen atoms in total. The van der Waals surface area contributed by atoms with Crippen molar-refractivity contribution < 1.29 is 9.90 Å². The first-order valence-electron chi connectivity index (χ1n) is 4.12. The van der Waals surface area contributed by atoms with Gasteiger partial charge in [-0.3, -0.25) is 4.79 Å². The summed E-state index contributed by atoms with van der Waals surface area (Å²) in [7, 11) is 0. The predicted molar refractivity (Wildman–Crippen MR) is 44.5 cm³/mol. The second-order valence-electron chi connectivity index (χ2n) is 3.27. The van der Waals surface area contributed by atoms with Crippen LogP contribution >= 0.6 is 0 Å². The zero-order chi connectivity index (χ0) is 8.55. The Bertz CT molecular complexity index is 268. The molecule has 12 heavy (non-hydrogen) atoms. The highest BCUT2D eigenvalue weighted by molar-refractivity contribution is 5.70. The molecule has 2 unspecified atom stereocenters. The molecule has 0 bridgehead atoms. The van der Waals surface area contributed by atoms with Gasteiger partial charge in [-0.25, -0.2) is 0 Å². The largest absolute Gasteiger partial charge is 0.481 e. The molecule has 2 rings (SSSR count). The third-order valence-corrected chi connectivity index (χ3v) is 2.46. The lowest BCUT2D eigenvalue weighted by molar-refractivity contribution is -0.142. The van der Waals surface area contributed by atoms with E-state index in [9.17, 15) is 4.79 Å². The lowest BCUT2D eigenvalue weighted by Gasteiger charge is -2.26. The van der Waals surface area contributed by atoms with Gasteiger partial charge in [0.15, 0.2) is 0 Å². The fraction of sp³-hybridized carbons (Fsp3) is 0.444. The number of carboxylic acid groups (broad SMARTS) is 1. The third-order valence-electron chi connectivity index (χ3n) is 2.46. The number of allylic oxidation sites excluding steroid dienone is 3. The minimum Gasteiger partial charge on any atom is -0.481 e. The number of carbonyl (C=O) groups is 1. The summed E-state index contributed by atoms with van der Waals surface area (Å²) in [5.74, 6) is -0.600. The number of nitrogens with one attached hydrogen (secondary N) is 1. The average molecular weight is 165 g/mol. The summed E-state index contributed by atoms with van der Waals surface area (Å²) in [5, 5.41) is 11.9. The third kappa shape index (κ3) is 1.11. The van der Waals surface area contributed by atoms with Crippen molar-refractivity contribution >= 4 is 5.97 Å². The van der Waals surface area contributed by atoms with Crippen molar-refractivity contribution in [3.05, 3.63) is 23.9 Å². The van der Waals surface area contributed by atoms with Gasteiger partial charge in [-0.05, 0) is 12.5 Å². The van der Waals surface area contributed by atoms with Crippen LogP contribution in [0.1, 0.15) is 6.42 Å². The molecule has 1 aliphatic heterocycles. The average Bonchev–Trinajstić information content (AvgIpc) is 2.49. The molecule has 2 aliphatic rings. The first kappa shape index (κ1) is 7.40. The minimum atomic E-state index is -0.693. The normalized spacial score (nSPS) is 32.2. The first-order valence-corrected chi connectivity index (χ1v) is 4.12. The predicted octanol–water partition coefficient (Wildman–Crippen LogP) is 0.750. The Labute approximate surface area is 70.8 Å². The lowest BCUT2D eigenvalue weighted by atomic mass is 9.90. The molecule has 2 atom stereocenters. The zero-order valence-corrected chi connectivity index (χ0v) is 6.66. The van der Waals surface area contributed by atoms with Crippen molar-refractivity contribution in [2.24, 2.45) is 11.8 Å². The van der Waals surface area contributed by atoms with E-state index in [0.29, 0.717) is 12.5 Å². The number of carboxylic acids is 1. The summed E-state index contributed by atoms with van der Waals surface area (Å²) in [6.45, 7) is 0.569. The van der Waals surface area contributed by atoms with E-state index in [1.165, 1.54) is 5.70 Å². The fourth-order valence-electron chi connectivity index (χ4n) is 1.74. The Morgan fingerprint density at radius 1 is 1.67 bits per heavy atom. The molecule has 1 fully saturated rings. The number of hydrogen-bond donors (Lipinski definition) is 2. The van der Waals surface area contributed by atoms with Crippen molar-refractivity contribution in [2.75, 3.05) is 6.54 Å². The molecule has 0 aromatic heterocycles. The van der Waals surface area contributed by atoms with E-state index in [4.69, 9.17) is 5.11 Å². The monoisotopic (exact) mass is 165 g/mol. The van der Waals surface area contributed by atoms with Gasteiger partial charge in [0.05, 0.1) is 5.92 Å². The number of fused-ring (bicyclic) bond motifs is 1. The van der Waals surface area contributed by atoms with Crippen LogP contribution in [0.15, 0.2) is 23.9 Å². The molecule has 0 radical (unpaired) electrons. The van der Waals surface area contributed by atoms with Crippen LogP contribution in [-0.2, 0) is 4.79 Å². The highest BCUT2D eigenvalue weighted by Crippen LogP contribution is 2.28. The summed E-state index contributed by atoms with van der Waals surface area (Å²) < 4.78 is 0. The second kappa shape index (κ2) is 2.66. The Balaban J connectivity index is 2.07. The molecule has 0 aromatic carbocycles. The maximum atomic E-state index is 10.7. The van der Waals surface area contributed by atoms with E-state index in [-0.39, 0.29) is 5.92 Å². The Morgan fingerprint density at radius 2 is 2.50 bits per heavy atom. The van der Waals surface area contributed by atoms with Crippen molar-refractivity contribution in [3.8, 4) is 0 Å². The summed E-state index contributed by atoms with van der Waals surface area (Å²) in [4.78, 5) is 10.7. The number of aliphatic carboxylic acids is 1. The molecule has 1 saturated heterocycles. The van der Waals surface area contributed by atoms with Gasteiger partial charge in [0.2, 0.25) is 0 Å². The van der Waals surface area contributed by atoms with Crippen LogP contribution in [-0.4, -0.2) is 17.6 Å². The van der Waals surface area contributed by atoms with Crippen molar-refractivity contribution in [2.45, 2.75) is 6.42 Å². The maximum absolute atomic E-state index is 10.7. The summed E-state index contributed by atoms with van der Waals surface area (Å²) in [6.07, 6.45) is 6.79. The highest BCUT2D eigenvalue weighted by atomic mass is 16.4. The van der Waals surface area contributed by atoms with E-state index < -0.39 is 5.97 Å². The molecular formula is C9H11NO2. The fourth-order valence-corrected chi connectivity index (χ4v) is 1.74. The van der Waals surface area contributed by atoms with Crippen molar-refractivity contribution in [1.82, 2.24) is 5.32 Å². The van der Waals surface area contributed by atoms with Gasteiger partial charge in [0.1, 0.15) is 0 Å². The molecule has 0 amide bonds. The Hall–Kier alpha value is -1.25. The van der Waals surface area contributed by atoms with Crippen LogP contribution in [0.3, 0.4) is 0 Å². The quantitative estimate of drug-likeness (QED) is 0.602.